The first-order valence-corrected chi connectivity index (χ1v) is 15.6. The number of aliphatic hydroxyl groups is 3. The second-order valence-corrected chi connectivity index (χ2v) is 11.8. The second kappa shape index (κ2) is 16.4. The number of aryl methyl sites for hydroxylation is 1. The molecule has 0 amide bonds. The molecule has 0 saturated heterocycles. The number of hydrogen-bond donors (Lipinski definition) is 6. The average molecular weight is 590 g/mol. The standard InChI is InChI=1S/C35H47N3O5/c1-2-24-7-3-4-11-31(40)30(10-5-8-24)32(41)14-12-25-13-15-33(42)34(19-25)43-29(23-39)21-27(20-28-9-6-17-37-28)26-16-18-38-35(36)22-26/h6,9,13,15-19,22,24,27,29-32,37,39-42H,2-4,7,10-12,14,20-21,23H2,1H3,(H2,36,38)/t24-,27+,29+,30+,31+,32-/m1/s1. The van der Waals surface area contributed by atoms with Gasteiger partial charge in [0, 0.05) is 36.3 Å². The van der Waals surface area contributed by atoms with E-state index < -0.39 is 18.3 Å². The summed E-state index contributed by atoms with van der Waals surface area (Å²) in [5, 5.41) is 42.8. The summed E-state index contributed by atoms with van der Waals surface area (Å²) >= 11 is 0. The summed E-state index contributed by atoms with van der Waals surface area (Å²) in [7, 11) is 0. The highest BCUT2D eigenvalue weighted by molar-refractivity contribution is 5.42. The number of nitrogen functional groups attached to an aromatic ring is 1. The first kappa shape index (κ1) is 32.4. The van der Waals surface area contributed by atoms with Crippen LogP contribution in [0.25, 0.3) is 0 Å². The van der Waals surface area contributed by atoms with Crippen LogP contribution in [0.2, 0.25) is 0 Å². The van der Waals surface area contributed by atoms with E-state index in [4.69, 9.17) is 10.5 Å². The van der Waals surface area contributed by atoms with Crippen LogP contribution in [0.1, 0.15) is 81.0 Å². The van der Waals surface area contributed by atoms with Gasteiger partial charge in [0.15, 0.2) is 11.5 Å². The molecule has 6 atom stereocenters. The van der Waals surface area contributed by atoms with Gasteiger partial charge in [-0.25, -0.2) is 4.98 Å². The van der Waals surface area contributed by atoms with Gasteiger partial charge in [-0.15, -0.1) is 5.92 Å². The van der Waals surface area contributed by atoms with Gasteiger partial charge >= 0.3 is 0 Å². The quantitative estimate of drug-likeness (QED) is 0.152. The summed E-state index contributed by atoms with van der Waals surface area (Å²) in [6.07, 6.45) is 9.10. The smallest absolute Gasteiger partial charge is 0.161 e. The second-order valence-electron chi connectivity index (χ2n) is 11.8. The van der Waals surface area contributed by atoms with E-state index in [2.05, 4.69) is 28.7 Å². The van der Waals surface area contributed by atoms with Gasteiger partial charge in [-0.1, -0.05) is 31.8 Å². The number of nitrogens with one attached hydrogen (secondary N) is 1. The minimum absolute atomic E-state index is 0.0130. The van der Waals surface area contributed by atoms with E-state index >= 15 is 0 Å². The Morgan fingerprint density at radius 1 is 1.16 bits per heavy atom. The number of aromatic hydroxyl groups is 1. The highest BCUT2D eigenvalue weighted by atomic mass is 16.5. The van der Waals surface area contributed by atoms with Gasteiger partial charge in [0.25, 0.3) is 0 Å². The fraction of sp³-hybridized carbons (Fsp3) is 0.514. The lowest BCUT2D eigenvalue weighted by Gasteiger charge is -2.27. The number of anilines is 1. The largest absolute Gasteiger partial charge is 0.504 e. The molecule has 43 heavy (non-hydrogen) atoms. The van der Waals surface area contributed by atoms with E-state index in [0.29, 0.717) is 50.3 Å². The normalized spacial score (nSPS) is 21.3. The van der Waals surface area contributed by atoms with Crippen molar-refractivity contribution in [1.82, 2.24) is 9.97 Å². The number of nitrogens with zero attached hydrogens (tertiary/aromatic N) is 1. The lowest BCUT2D eigenvalue weighted by molar-refractivity contribution is 0.00559. The molecular weight excluding hydrogens is 542 g/mol. The number of benzene rings is 1. The van der Waals surface area contributed by atoms with Crippen LogP contribution >= 0.6 is 0 Å². The third-order valence-corrected chi connectivity index (χ3v) is 8.63. The summed E-state index contributed by atoms with van der Waals surface area (Å²) in [6.45, 7) is 1.92. The van der Waals surface area contributed by atoms with Crippen molar-refractivity contribution in [1.29, 1.82) is 0 Å². The molecular formula is C35H47N3O5. The molecule has 1 aliphatic rings. The lowest BCUT2D eigenvalue weighted by Crippen LogP contribution is -2.32. The topological polar surface area (TPSA) is 145 Å². The predicted octanol–water partition coefficient (Wildman–Crippen LogP) is 5.12. The van der Waals surface area contributed by atoms with Crippen LogP contribution in [0.4, 0.5) is 5.82 Å². The molecule has 2 heterocycles. The minimum Gasteiger partial charge on any atom is -0.504 e. The zero-order valence-electron chi connectivity index (χ0n) is 25.2. The van der Waals surface area contributed by atoms with Gasteiger partial charge < -0.3 is 35.9 Å². The van der Waals surface area contributed by atoms with Crippen molar-refractivity contribution in [2.24, 2.45) is 11.8 Å². The molecule has 7 N–H and O–H groups in total. The molecule has 1 aromatic carbocycles. The molecule has 0 radical (unpaired) electrons. The molecule has 0 unspecified atom stereocenters. The van der Waals surface area contributed by atoms with Crippen LogP contribution in [-0.4, -0.2) is 55.3 Å². The van der Waals surface area contributed by atoms with E-state index in [1.807, 2.05) is 36.5 Å². The third kappa shape index (κ3) is 9.75. The number of pyridine rings is 1. The van der Waals surface area contributed by atoms with E-state index in [1.54, 1.807) is 18.3 Å². The number of hydrogen-bond acceptors (Lipinski definition) is 7. The SMILES string of the molecule is CC[C@H]1C#CC[C@H]([C@H](O)CCc2ccc(O)c(O[C@H](CO)C[C@H](Cc3ccc[nH]3)c3ccnc(N)c3)c2)[C@@H](O)CCCC1. The van der Waals surface area contributed by atoms with Crippen molar-refractivity contribution in [3.63, 3.8) is 0 Å². The summed E-state index contributed by atoms with van der Waals surface area (Å²) in [4.78, 5) is 7.35. The molecule has 1 aliphatic carbocycles. The molecule has 0 spiro atoms. The first-order chi connectivity index (χ1) is 20.9. The third-order valence-electron chi connectivity index (χ3n) is 8.63. The van der Waals surface area contributed by atoms with Crippen LogP contribution < -0.4 is 10.5 Å². The van der Waals surface area contributed by atoms with E-state index in [1.165, 1.54) is 0 Å². The van der Waals surface area contributed by atoms with Crippen LogP contribution in [0.3, 0.4) is 0 Å². The molecule has 8 heteroatoms. The number of phenolic OH excluding ortho intramolecular Hbond substituents is 1. The Morgan fingerprint density at radius 3 is 2.74 bits per heavy atom. The minimum atomic E-state index is -0.700. The van der Waals surface area contributed by atoms with Crippen molar-refractivity contribution in [3.8, 4) is 23.3 Å². The van der Waals surface area contributed by atoms with Crippen molar-refractivity contribution in [2.75, 3.05) is 12.3 Å². The maximum absolute atomic E-state index is 11.1. The Hall–Kier alpha value is -3.51. The molecule has 0 aliphatic heterocycles. The number of H-pyrrole nitrogens is 1. The Morgan fingerprint density at radius 2 is 2.00 bits per heavy atom. The van der Waals surface area contributed by atoms with E-state index in [0.717, 1.165) is 42.5 Å². The summed E-state index contributed by atoms with van der Waals surface area (Å²) < 4.78 is 6.18. The van der Waals surface area contributed by atoms with Gasteiger partial charge in [0.05, 0.1) is 18.8 Å². The molecule has 0 saturated carbocycles. The zero-order valence-corrected chi connectivity index (χ0v) is 25.2. The number of nitrogens with two attached hydrogens (primary N) is 1. The zero-order chi connectivity index (χ0) is 30.6. The number of aliphatic hydroxyl groups excluding tert-OH is 3. The van der Waals surface area contributed by atoms with Crippen molar-refractivity contribution >= 4 is 5.82 Å². The van der Waals surface area contributed by atoms with Gasteiger partial charge in [0.1, 0.15) is 11.9 Å². The number of phenols is 1. The highest BCUT2D eigenvalue weighted by Crippen LogP contribution is 2.33. The van der Waals surface area contributed by atoms with Gasteiger partial charge in [-0.2, -0.15) is 0 Å². The number of rotatable bonds is 13. The number of ether oxygens (including phenoxy) is 1. The molecule has 4 rings (SSSR count). The van der Waals surface area contributed by atoms with Crippen LogP contribution in [-0.2, 0) is 12.8 Å². The maximum atomic E-state index is 11.1. The monoisotopic (exact) mass is 589 g/mol. The summed E-state index contributed by atoms with van der Waals surface area (Å²) in [6, 6.07) is 12.9. The maximum Gasteiger partial charge on any atom is 0.161 e. The molecule has 8 nitrogen and oxygen atoms in total. The van der Waals surface area contributed by atoms with Gasteiger partial charge in [0.2, 0.25) is 0 Å². The van der Waals surface area contributed by atoms with E-state index in [-0.39, 0.29) is 29.9 Å². The molecule has 2 aromatic heterocycles. The van der Waals surface area contributed by atoms with Gasteiger partial charge in [-0.3, -0.25) is 0 Å². The number of aromatic nitrogens is 2. The highest BCUT2D eigenvalue weighted by Gasteiger charge is 2.27. The molecule has 3 aromatic rings. The fourth-order valence-corrected chi connectivity index (χ4v) is 6.00. The molecule has 0 fully saturated rings. The summed E-state index contributed by atoms with van der Waals surface area (Å²) in [5.74, 6) is 7.37. The Balaban J connectivity index is 1.42. The summed E-state index contributed by atoms with van der Waals surface area (Å²) in [5.41, 5.74) is 8.90. The van der Waals surface area contributed by atoms with Gasteiger partial charge in [-0.05, 0) is 98.4 Å². The average Bonchev–Trinajstić information content (AvgIpc) is 3.52. The number of aromatic amines is 1. The molecule has 0 bridgehead atoms. The van der Waals surface area contributed by atoms with Crippen molar-refractivity contribution in [3.05, 3.63) is 71.7 Å². The molecule has 232 valence electrons. The van der Waals surface area contributed by atoms with Crippen molar-refractivity contribution in [2.45, 2.75) is 95.4 Å². The first-order valence-electron chi connectivity index (χ1n) is 15.6. The lowest BCUT2D eigenvalue weighted by atomic mass is 9.85. The van der Waals surface area contributed by atoms with E-state index in [9.17, 15) is 20.4 Å². The van der Waals surface area contributed by atoms with Crippen LogP contribution in [0, 0.1) is 23.7 Å². The van der Waals surface area contributed by atoms with Crippen LogP contribution in [0.5, 0.6) is 11.5 Å². The Bertz CT molecular complexity index is 1320. The Labute approximate surface area is 255 Å². The Kier molecular flexibility index (Phi) is 12.3. The van der Waals surface area contributed by atoms with Crippen LogP contribution in [0.15, 0.2) is 54.9 Å². The fourth-order valence-electron chi connectivity index (χ4n) is 6.00. The predicted molar refractivity (Wildman–Crippen MR) is 169 cm³/mol. The van der Waals surface area contributed by atoms with Crippen molar-refractivity contribution < 1.29 is 25.2 Å².